The summed E-state index contributed by atoms with van der Waals surface area (Å²) in [4.78, 5) is 0.229. The van der Waals surface area contributed by atoms with Crippen LogP contribution < -0.4 is 0 Å². The highest BCUT2D eigenvalue weighted by molar-refractivity contribution is 9.11. The molecule has 0 aliphatic carbocycles. The first kappa shape index (κ1) is 16.4. The molecule has 1 aliphatic rings. The third-order valence-electron chi connectivity index (χ3n) is 3.47. The highest BCUT2D eigenvalue weighted by atomic mass is 79.9. The number of hydrogen-bond acceptors (Lipinski definition) is 3. The van der Waals surface area contributed by atoms with Gasteiger partial charge in [-0.05, 0) is 60.3 Å². The Morgan fingerprint density at radius 2 is 1.95 bits per heavy atom. The molecule has 0 bridgehead atoms. The van der Waals surface area contributed by atoms with Gasteiger partial charge in [0, 0.05) is 22.0 Å². The molecule has 1 aliphatic heterocycles. The number of nitrogens with zero attached hydrogens (tertiary/aromatic N) is 1. The van der Waals surface area contributed by atoms with Crippen LogP contribution in [0.3, 0.4) is 0 Å². The van der Waals surface area contributed by atoms with Gasteiger partial charge < -0.3 is 5.11 Å². The maximum absolute atomic E-state index is 12.7. The highest BCUT2D eigenvalue weighted by Crippen LogP contribution is 2.33. The first-order valence-electron chi connectivity index (χ1n) is 6.32. The number of aryl methyl sites for hydroxylation is 1. The van der Waals surface area contributed by atoms with Gasteiger partial charge >= 0.3 is 0 Å². The van der Waals surface area contributed by atoms with Crippen molar-refractivity contribution in [1.29, 1.82) is 0 Å². The van der Waals surface area contributed by atoms with Gasteiger partial charge in [0.1, 0.15) is 0 Å². The highest BCUT2D eigenvalue weighted by Gasteiger charge is 2.36. The molecule has 1 fully saturated rings. The molecule has 7 heteroatoms. The second-order valence-electron chi connectivity index (χ2n) is 5.47. The van der Waals surface area contributed by atoms with Gasteiger partial charge in [0.2, 0.25) is 10.0 Å². The van der Waals surface area contributed by atoms with Crippen LogP contribution in [0.4, 0.5) is 0 Å². The molecule has 112 valence electrons. The monoisotopic (exact) mass is 425 g/mol. The number of β-amino-alcohol motifs (C(OH)–C–C–N with tert-alkyl or cyclic N) is 1. The Balaban J connectivity index is 2.43. The minimum absolute atomic E-state index is 0.132. The van der Waals surface area contributed by atoms with E-state index < -0.39 is 15.6 Å². The molecule has 1 unspecified atom stereocenters. The van der Waals surface area contributed by atoms with E-state index in [2.05, 4.69) is 31.9 Å². The normalized spacial score (nSPS) is 24.9. The second kappa shape index (κ2) is 5.68. The predicted octanol–water partition coefficient (Wildman–Crippen LogP) is 3.06. The van der Waals surface area contributed by atoms with E-state index in [4.69, 9.17) is 0 Å². The molecule has 1 N–H and O–H groups in total. The predicted molar refractivity (Wildman–Crippen MR) is 85.2 cm³/mol. The van der Waals surface area contributed by atoms with E-state index in [1.807, 2.05) is 6.92 Å². The van der Waals surface area contributed by atoms with Crippen molar-refractivity contribution in [2.75, 3.05) is 13.1 Å². The fraction of sp³-hybridized carbons (Fsp3) is 0.538. The zero-order valence-electron chi connectivity index (χ0n) is 11.4. The molecule has 1 atom stereocenters. The van der Waals surface area contributed by atoms with Crippen LogP contribution in [0.25, 0.3) is 0 Å². The van der Waals surface area contributed by atoms with Crippen molar-refractivity contribution < 1.29 is 13.5 Å². The minimum Gasteiger partial charge on any atom is -0.389 e. The molecule has 4 nitrogen and oxygen atoms in total. The summed E-state index contributed by atoms with van der Waals surface area (Å²) in [5, 5.41) is 10.1. The molecule has 2 rings (SSSR count). The summed E-state index contributed by atoms with van der Waals surface area (Å²) >= 11 is 6.69. The molecule has 20 heavy (non-hydrogen) atoms. The van der Waals surface area contributed by atoms with Crippen molar-refractivity contribution in [3.63, 3.8) is 0 Å². The summed E-state index contributed by atoms with van der Waals surface area (Å²) in [6, 6.07) is 3.39. The SMILES string of the molecule is Cc1cc(Br)c(S(=O)(=O)N2CCCC(C)(O)C2)cc1Br. The summed E-state index contributed by atoms with van der Waals surface area (Å²) in [6.45, 7) is 4.15. The van der Waals surface area contributed by atoms with Gasteiger partial charge in [0.15, 0.2) is 0 Å². The van der Waals surface area contributed by atoms with Gasteiger partial charge in [0.05, 0.1) is 10.5 Å². The number of hydrogen-bond donors (Lipinski definition) is 1. The number of benzene rings is 1. The maximum Gasteiger partial charge on any atom is 0.244 e. The number of rotatable bonds is 2. The third-order valence-corrected chi connectivity index (χ3v) is 7.13. The third kappa shape index (κ3) is 3.27. The Morgan fingerprint density at radius 1 is 1.30 bits per heavy atom. The van der Waals surface area contributed by atoms with Gasteiger partial charge in [-0.1, -0.05) is 15.9 Å². The lowest BCUT2D eigenvalue weighted by Gasteiger charge is -2.36. The van der Waals surface area contributed by atoms with E-state index in [9.17, 15) is 13.5 Å². The molecule has 1 saturated heterocycles. The summed E-state index contributed by atoms with van der Waals surface area (Å²) in [6.07, 6.45) is 1.29. The van der Waals surface area contributed by atoms with Crippen LogP contribution in [-0.2, 0) is 10.0 Å². The molecule has 1 heterocycles. The van der Waals surface area contributed by atoms with E-state index in [-0.39, 0.29) is 11.4 Å². The van der Waals surface area contributed by atoms with E-state index in [0.29, 0.717) is 23.9 Å². The van der Waals surface area contributed by atoms with Crippen LogP contribution >= 0.6 is 31.9 Å². The summed E-state index contributed by atoms with van der Waals surface area (Å²) in [5.41, 5.74) is 0.00108. The Kier molecular flexibility index (Phi) is 4.67. The van der Waals surface area contributed by atoms with Gasteiger partial charge in [-0.15, -0.1) is 0 Å². The van der Waals surface area contributed by atoms with Gasteiger partial charge in [-0.2, -0.15) is 4.31 Å². The maximum atomic E-state index is 12.7. The minimum atomic E-state index is -3.61. The lowest BCUT2D eigenvalue weighted by molar-refractivity contribution is 0.00939. The van der Waals surface area contributed by atoms with Crippen molar-refractivity contribution in [3.8, 4) is 0 Å². The number of sulfonamides is 1. The second-order valence-corrected chi connectivity index (χ2v) is 9.09. The molecule has 0 amide bonds. The molecule has 1 aromatic carbocycles. The van der Waals surface area contributed by atoms with Crippen LogP contribution in [0.1, 0.15) is 25.3 Å². The summed E-state index contributed by atoms with van der Waals surface area (Å²) in [7, 11) is -3.61. The molecule has 1 aromatic rings. The first-order valence-corrected chi connectivity index (χ1v) is 9.34. The molecular formula is C13H17Br2NO3S. The van der Waals surface area contributed by atoms with E-state index in [1.165, 1.54) is 4.31 Å². The van der Waals surface area contributed by atoms with Crippen molar-refractivity contribution in [3.05, 3.63) is 26.6 Å². The smallest absolute Gasteiger partial charge is 0.244 e. The molecule has 0 radical (unpaired) electrons. The lowest BCUT2D eigenvalue weighted by Crippen LogP contribution is -2.48. The standard InChI is InChI=1S/C13H17Br2NO3S/c1-9-6-11(15)12(7-10(9)14)20(18,19)16-5-3-4-13(2,17)8-16/h6-7,17H,3-5,8H2,1-2H3. The molecule has 0 spiro atoms. The van der Waals surface area contributed by atoms with Crippen LogP contribution in [0.5, 0.6) is 0 Å². The van der Waals surface area contributed by atoms with Crippen molar-refractivity contribution in [2.45, 2.75) is 37.2 Å². The molecule has 0 aromatic heterocycles. The van der Waals surface area contributed by atoms with Gasteiger partial charge in [-0.25, -0.2) is 8.42 Å². The van der Waals surface area contributed by atoms with Crippen LogP contribution in [0, 0.1) is 6.92 Å². The first-order chi connectivity index (χ1) is 9.13. The Labute approximate surface area is 136 Å². The van der Waals surface area contributed by atoms with Crippen molar-refractivity contribution in [2.24, 2.45) is 0 Å². The Morgan fingerprint density at radius 3 is 2.55 bits per heavy atom. The zero-order chi connectivity index (χ0) is 15.1. The number of piperidine rings is 1. The van der Waals surface area contributed by atoms with E-state index in [1.54, 1.807) is 19.1 Å². The van der Waals surface area contributed by atoms with E-state index in [0.717, 1.165) is 10.0 Å². The van der Waals surface area contributed by atoms with Gasteiger partial charge in [0.25, 0.3) is 0 Å². The van der Waals surface area contributed by atoms with Crippen LogP contribution in [0.2, 0.25) is 0 Å². The topological polar surface area (TPSA) is 57.6 Å². The molecular weight excluding hydrogens is 410 g/mol. The quantitative estimate of drug-likeness (QED) is 0.790. The molecule has 0 saturated carbocycles. The average Bonchev–Trinajstić information content (AvgIpc) is 2.32. The van der Waals surface area contributed by atoms with Crippen molar-refractivity contribution >= 4 is 41.9 Å². The van der Waals surface area contributed by atoms with Crippen LogP contribution in [-0.4, -0.2) is 36.5 Å². The summed E-state index contributed by atoms with van der Waals surface area (Å²) < 4.78 is 28.1. The van der Waals surface area contributed by atoms with Crippen LogP contribution in [0.15, 0.2) is 26.0 Å². The van der Waals surface area contributed by atoms with E-state index >= 15 is 0 Å². The average molecular weight is 427 g/mol. The number of aliphatic hydroxyl groups is 1. The zero-order valence-corrected chi connectivity index (χ0v) is 15.3. The van der Waals surface area contributed by atoms with Crippen molar-refractivity contribution in [1.82, 2.24) is 4.31 Å². The van der Waals surface area contributed by atoms with Gasteiger partial charge in [-0.3, -0.25) is 0 Å². The fourth-order valence-corrected chi connectivity index (χ4v) is 5.58. The Hall–Kier alpha value is 0.0500. The summed E-state index contributed by atoms with van der Waals surface area (Å²) in [5.74, 6) is 0. The lowest BCUT2D eigenvalue weighted by atomic mass is 9.97. The Bertz CT molecular complexity index is 629. The fourth-order valence-electron chi connectivity index (χ4n) is 2.34. The number of halogens is 2. The largest absolute Gasteiger partial charge is 0.389 e.